The van der Waals surface area contributed by atoms with E-state index in [0.29, 0.717) is 0 Å². The highest BCUT2D eigenvalue weighted by Crippen LogP contribution is 2.31. The second kappa shape index (κ2) is 11.5. The standard InChI is InChI=1S/C19H24NO9.ClH/c1-5-25-19(24)14-7-6-8-20(9-14)18-17(28-13(4)23)16(27-12(3)22)15(29-18)10-26-11(2)21;/h6-9,15-18H,5,10H2,1-4H3;1H/q+1;/p-1/t15-,16-,17-,18+;/m1./s1. The summed E-state index contributed by atoms with van der Waals surface area (Å²) < 4.78 is 28.0. The first-order chi connectivity index (χ1) is 13.7. The fraction of sp³-hybridized carbons (Fsp3) is 0.526. The molecule has 0 radical (unpaired) electrons. The van der Waals surface area contributed by atoms with Gasteiger partial charge < -0.3 is 36.1 Å². The van der Waals surface area contributed by atoms with E-state index in [4.69, 9.17) is 23.7 Å². The van der Waals surface area contributed by atoms with E-state index in [9.17, 15) is 19.2 Å². The number of hydrogen-bond donors (Lipinski definition) is 0. The van der Waals surface area contributed by atoms with E-state index in [-0.39, 0.29) is 31.2 Å². The van der Waals surface area contributed by atoms with Crippen LogP contribution in [0.2, 0.25) is 0 Å². The van der Waals surface area contributed by atoms with Crippen LogP contribution in [0.3, 0.4) is 0 Å². The van der Waals surface area contributed by atoms with Crippen LogP contribution in [0.5, 0.6) is 0 Å². The number of halogens is 1. The van der Waals surface area contributed by atoms with Crippen molar-refractivity contribution in [2.75, 3.05) is 13.2 Å². The monoisotopic (exact) mass is 445 g/mol. The van der Waals surface area contributed by atoms with Crippen molar-refractivity contribution in [1.29, 1.82) is 0 Å². The molecule has 0 aromatic carbocycles. The van der Waals surface area contributed by atoms with Crippen LogP contribution in [-0.4, -0.2) is 55.4 Å². The molecule has 10 nitrogen and oxygen atoms in total. The van der Waals surface area contributed by atoms with Crippen molar-refractivity contribution < 1.29 is 59.8 Å². The first-order valence-corrected chi connectivity index (χ1v) is 9.04. The Labute approximate surface area is 179 Å². The summed E-state index contributed by atoms with van der Waals surface area (Å²) in [7, 11) is 0. The van der Waals surface area contributed by atoms with Gasteiger partial charge >= 0.3 is 30.1 Å². The van der Waals surface area contributed by atoms with E-state index in [0.717, 1.165) is 0 Å². The summed E-state index contributed by atoms with van der Waals surface area (Å²) >= 11 is 0. The molecule has 0 spiro atoms. The van der Waals surface area contributed by atoms with Gasteiger partial charge in [-0.3, -0.25) is 14.4 Å². The maximum atomic E-state index is 12.0. The predicted octanol–water partition coefficient (Wildman–Crippen LogP) is -2.52. The van der Waals surface area contributed by atoms with Crippen LogP contribution in [0.25, 0.3) is 0 Å². The highest BCUT2D eigenvalue weighted by Gasteiger charge is 2.54. The largest absolute Gasteiger partial charge is 1.00 e. The minimum absolute atomic E-state index is 0. The maximum Gasteiger partial charge on any atom is 0.344 e. The van der Waals surface area contributed by atoms with Crippen LogP contribution in [0.1, 0.15) is 44.3 Å². The minimum Gasteiger partial charge on any atom is -1.00 e. The molecular formula is C19H24ClNO9. The lowest BCUT2D eigenvalue weighted by atomic mass is 10.1. The Kier molecular flexibility index (Phi) is 9.67. The SMILES string of the molecule is CCOC(=O)c1ccc[n+]([C@H]2O[C@H](COC(C)=O)[C@@H](OC(C)=O)[C@H]2OC(C)=O)c1.[Cl-]. The van der Waals surface area contributed by atoms with Gasteiger partial charge in [0.25, 0.3) is 0 Å². The van der Waals surface area contributed by atoms with E-state index < -0.39 is 48.4 Å². The molecule has 1 saturated heterocycles. The number of hydrogen-bond acceptors (Lipinski definition) is 9. The smallest absolute Gasteiger partial charge is 0.344 e. The number of ether oxygens (including phenoxy) is 5. The third kappa shape index (κ3) is 6.67. The second-order valence-corrected chi connectivity index (χ2v) is 6.28. The molecule has 1 aromatic heterocycles. The lowest BCUT2D eigenvalue weighted by Gasteiger charge is -2.21. The highest BCUT2D eigenvalue weighted by molar-refractivity contribution is 5.88. The van der Waals surface area contributed by atoms with Gasteiger partial charge in [-0.2, -0.15) is 4.57 Å². The van der Waals surface area contributed by atoms with Crippen LogP contribution < -0.4 is 17.0 Å². The number of rotatable bonds is 7. The highest BCUT2D eigenvalue weighted by atomic mass is 35.5. The van der Waals surface area contributed by atoms with Gasteiger partial charge in [0, 0.05) is 26.8 Å². The predicted molar refractivity (Wildman–Crippen MR) is 94.2 cm³/mol. The summed E-state index contributed by atoms with van der Waals surface area (Å²) in [6, 6.07) is 3.16. The Hall–Kier alpha value is -2.72. The van der Waals surface area contributed by atoms with Gasteiger partial charge in [0.15, 0.2) is 18.5 Å². The molecule has 30 heavy (non-hydrogen) atoms. The Morgan fingerprint density at radius 1 is 1.00 bits per heavy atom. The van der Waals surface area contributed by atoms with Gasteiger partial charge in [0.1, 0.15) is 18.3 Å². The van der Waals surface area contributed by atoms with Crippen LogP contribution >= 0.6 is 0 Å². The zero-order valence-electron chi connectivity index (χ0n) is 17.0. The Bertz CT molecular complexity index is 785. The molecular weight excluding hydrogens is 422 g/mol. The molecule has 166 valence electrons. The van der Waals surface area contributed by atoms with Crippen molar-refractivity contribution in [3.8, 4) is 0 Å². The van der Waals surface area contributed by atoms with Crippen molar-refractivity contribution in [2.45, 2.75) is 52.2 Å². The quantitative estimate of drug-likeness (QED) is 0.254. The third-order valence-electron chi connectivity index (χ3n) is 3.97. The summed E-state index contributed by atoms with van der Waals surface area (Å²) in [5.74, 6) is -2.30. The summed E-state index contributed by atoms with van der Waals surface area (Å²) in [6.45, 7) is 5.34. The fourth-order valence-corrected chi connectivity index (χ4v) is 2.92. The number of carbonyl (C=O) groups is 4. The van der Waals surface area contributed by atoms with Crippen LogP contribution in [0, 0.1) is 0 Å². The molecule has 0 unspecified atom stereocenters. The van der Waals surface area contributed by atoms with Crippen LogP contribution in [0.15, 0.2) is 24.5 Å². The molecule has 0 saturated carbocycles. The van der Waals surface area contributed by atoms with E-state index in [1.807, 2.05) is 0 Å². The fourth-order valence-electron chi connectivity index (χ4n) is 2.92. The van der Waals surface area contributed by atoms with Crippen LogP contribution in [-0.2, 0) is 38.1 Å². The van der Waals surface area contributed by atoms with Gasteiger partial charge in [-0.05, 0) is 13.0 Å². The number of esters is 4. The molecule has 1 fully saturated rings. The summed E-state index contributed by atoms with van der Waals surface area (Å²) in [6.07, 6.45) is -0.783. The molecule has 4 atom stereocenters. The van der Waals surface area contributed by atoms with Crippen molar-refractivity contribution in [3.63, 3.8) is 0 Å². The Morgan fingerprint density at radius 2 is 1.63 bits per heavy atom. The summed E-state index contributed by atoms with van der Waals surface area (Å²) in [5.41, 5.74) is 0.256. The molecule has 1 aromatic rings. The maximum absolute atomic E-state index is 12.0. The van der Waals surface area contributed by atoms with Gasteiger partial charge in [0.05, 0.1) is 6.61 Å². The van der Waals surface area contributed by atoms with Gasteiger partial charge in [-0.1, -0.05) is 0 Å². The van der Waals surface area contributed by atoms with Crippen molar-refractivity contribution >= 4 is 23.9 Å². The van der Waals surface area contributed by atoms with Crippen molar-refractivity contribution in [3.05, 3.63) is 30.1 Å². The van der Waals surface area contributed by atoms with Gasteiger partial charge in [0.2, 0.25) is 6.10 Å². The second-order valence-electron chi connectivity index (χ2n) is 6.28. The molecule has 1 aliphatic heterocycles. The topological polar surface area (TPSA) is 118 Å². The number of aromatic nitrogens is 1. The molecule has 2 rings (SSSR count). The van der Waals surface area contributed by atoms with E-state index >= 15 is 0 Å². The average molecular weight is 446 g/mol. The molecule has 1 aliphatic rings. The van der Waals surface area contributed by atoms with E-state index in [1.165, 1.54) is 31.5 Å². The molecule has 11 heteroatoms. The zero-order chi connectivity index (χ0) is 21.6. The lowest BCUT2D eigenvalue weighted by Crippen LogP contribution is -3.00. The lowest BCUT2D eigenvalue weighted by molar-refractivity contribution is -0.765. The van der Waals surface area contributed by atoms with Crippen LogP contribution in [0.4, 0.5) is 0 Å². The van der Waals surface area contributed by atoms with Gasteiger partial charge in [-0.25, -0.2) is 4.79 Å². The number of nitrogens with zero attached hydrogens (tertiary/aromatic N) is 1. The molecule has 0 N–H and O–H groups in total. The molecule has 0 amide bonds. The zero-order valence-corrected chi connectivity index (χ0v) is 17.8. The summed E-state index contributed by atoms with van der Waals surface area (Å²) in [5, 5.41) is 0. The average Bonchev–Trinajstić information content (AvgIpc) is 2.96. The molecule has 2 heterocycles. The van der Waals surface area contributed by atoms with Gasteiger partial charge in [-0.15, -0.1) is 0 Å². The van der Waals surface area contributed by atoms with Crippen molar-refractivity contribution in [1.82, 2.24) is 0 Å². The molecule has 0 aliphatic carbocycles. The van der Waals surface area contributed by atoms with Crippen molar-refractivity contribution in [2.24, 2.45) is 0 Å². The van der Waals surface area contributed by atoms with E-state index in [1.54, 1.807) is 25.3 Å². The number of pyridine rings is 1. The summed E-state index contributed by atoms with van der Waals surface area (Å²) in [4.78, 5) is 46.5. The molecule has 0 bridgehead atoms. The van der Waals surface area contributed by atoms with E-state index in [2.05, 4.69) is 0 Å². The minimum atomic E-state index is -1.03. The normalized spacial score (nSPS) is 22.4. The first-order valence-electron chi connectivity index (χ1n) is 9.04. The third-order valence-corrected chi connectivity index (χ3v) is 3.97. The number of carbonyl (C=O) groups excluding carboxylic acids is 4. The first kappa shape index (κ1) is 25.3. The Morgan fingerprint density at radius 3 is 2.20 bits per heavy atom. The Balaban J connectivity index is 0.00000450.